The molecule has 1 amide bonds. The van der Waals surface area contributed by atoms with Gasteiger partial charge in [0.2, 0.25) is 0 Å². The van der Waals surface area contributed by atoms with Gasteiger partial charge in [-0.15, -0.1) is 0 Å². The normalized spacial score (nSPS) is 12.0. The highest BCUT2D eigenvalue weighted by Gasteiger charge is 2.12. The van der Waals surface area contributed by atoms with Crippen molar-refractivity contribution < 1.29 is 9.53 Å². The maximum absolute atomic E-state index is 11.5. The van der Waals surface area contributed by atoms with Crippen LogP contribution in [0.2, 0.25) is 0 Å². The first-order valence-corrected chi connectivity index (χ1v) is 7.80. The van der Waals surface area contributed by atoms with Crippen LogP contribution in [-0.2, 0) is 4.79 Å². The quantitative estimate of drug-likeness (QED) is 0.763. The highest BCUT2D eigenvalue weighted by molar-refractivity contribution is 9.10. The summed E-state index contributed by atoms with van der Waals surface area (Å²) in [5, 5.41) is 6.15. The third-order valence-electron chi connectivity index (χ3n) is 2.88. The van der Waals surface area contributed by atoms with Crippen LogP contribution in [0.3, 0.4) is 0 Å². The first kappa shape index (κ1) is 17.0. The Labute approximate surface area is 129 Å². The SMILES string of the molecule is CCCNC(C)c1ccc(Br)cc1OCC(=O)NCC. The molecule has 0 saturated carbocycles. The lowest BCUT2D eigenvalue weighted by Gasteiger charge is -2.18. The molecule has 20 heavy (non-hydrogen) atoms. The topological polar surface area (TPSA) is 50.4 Å². The van der Waals surface area contributed by atoms with Gasteiger partial charge < -0.3 is 15.4 Å². The summed E-state index contributed by atoms with van der Waals surface area (Å²) in [5.41, 5.74) is 1.06. The molecule has 5 heteroatoms. The van der Waals surface area contributed by atoms with Crippen LogP contribution in [0.1, 0.15) is 38.8 Å². The monoisotopic (exact) mass is 342 g/mol. The molecular weight excluding hydrogens is 320 g/mol. The minimum Gasteiger partial charge on any atom is -0.483 e. The number of halogens is 1. The van der Waals surface area contributed by atoms with Gasteiger partial charge in [0.05, 0.1) is 0 Å². The van der Waals surface area contributed by atoms with Gasteiger partial charge in [0, 0.05) is 22.6 Å². The van der Waals surface area contributed by atoms with Crippen molar-refractivity contribution in [3.8, 4) is 5.75 Å². The highest BCUT2D eigenvalue weighted by atomic mass is 79.9. The van der Waals surface area contributed by atoms with E-state index in [0.717, 1.165) is 28.8 Å². The summed E-state index contributed by atoms with van der Waals surface area (Å²) >= 11 is 3.43. The molecule has 0 fully saturated rings. The van der Waals surface area contributed by atoms with Crippen LogP contribution in [0.25, 0.3) is 0 Å². The third-order valence-corrected chi connectivity index (χ3v) is 3.37. The van der Waals surface area contributed by atoms with E-state index in [1.807, 2.05) is 25.1 Å². The second-order valence-corrected chi connectivity index (χ2v) is 5.52. The Morgan fingerprint density at radius 3 is 2.80 bits per heavy atom. The minimum atomic E-state index is -0.104. The van der Waals surface area contributed by atoms with E-state index in [0.29, 0.717) is 6.54 Å². The molecule has 0 aliphatic rings. The zero-order valence-electron chi connectivity index (χ0n) is 12.3. The first-order valence-electron chi connectivity index (χ1n) is 7.00. The van der Waals surface area contributed by atoms with Crippen molar-refractivity contribution in [2.24, 2.45) is 0 Å². The van der Waals surface area contributed by atoms with E-state index >= 15 is 0 Å². The van der Waals surface area contributed by atoms with Crippen molar-refractivity contribution in [2.45, 2.75) is 33.2 Å². The predicted octanol–water partition coefficient (Wildman–Crippen LogP) is 3.02. The predicted molar refractivity (Wildman–Crippen MR) is 85.0 cm³/mol. The molecule has 1 rings (SSSR count). The van der Waals surface area contributed by atoms with Gasteiger partial charge in [-0.3, -0.25) is 4.79 Å². The van der Waals surface area contributed by atoms with Crippen molar-refractivity contribution in [3.63, 3.8) is 0 Å². The molecule has 112 valence electrons. The Hall–Kier alpha value is -1.07. The molecule has 1 atom stereocenters. The summed E-state index contributed by atoms with van der Waals surface area (Å²) in [4.78, 5) is 11.5. The molecule has 4 nitrogen and oxygen atoms in total. The molecule has 1 unspecified atom stereocenters. The third kappa shape index (κ3) is 5.51. The van der Waals surface area contributed by atoms with Crippen LogP contribution in [0.15, 0.2) is 22.7 Å². The van der Waals surface area contributed by atoms with Gasteiger partial charge in [-0.1, -0.05) is 28.9 Å². The van der Waals surface area contributed by atoms with Crippen molar-refractivity contribution in [3.05, 3.63) is 28.2 Å². The van der Waals surface area contributed by atoms with Gasteiger partial charge in [0.1, 0.15) is 5.75 Å². The fraction of sp³-hybridized carbons (Fsp3) is 0.533. The van der Waals surface area contributed by atoms with Crippen LogP contribution >= 0.6 is 15.9 Å². The zero-order valence-corrected chi connectivity index (χ0v) is 13.9. The van der Waals surface area contributed by atoms with Crippen LogP contribution < -0.4 is 15.4 Å². The summed E-state index contributed by atoms with van der Waals surface area (Å²) in [6.07, 6.45) is 1.08. The second kappa shape index (κ2) is 8.97. The van der Waals surface area contributed by atoms with E-state index in [2.05, 4.69) is 40.4 Å². The number of likely N-dealkylation sites (N-methyl/N-ethyl adjacent to an activating group) is 1. The average Bonchev–Trinajstić information content (AvgIpc) is 2.43. The number of carbonyl (C=O) groups is 1. The van der Waals surface area contributed by atoms with Crippen LogP contribution in [-0.4, -0.2) is 25.6 Å². The maximum atomic E-state index is 11.5. The number of carbonyl (C=O) groups excluding carboxylic acids is 1. The van der Waals surface area contributed by atoms with Gasteiger partial charge in [-0.25, -0.2) is 0 Å². The Bertz CT molecular complexity index is 438. The molecule has 2 N–H and O–H groups in total. The standard InChI is InChI=1S/C15H23BrN2O2/c1-4-8-18-11(3)13-7-6-12(16)9-14(13)20-10-15(19)17-5-2/h6-7,9,11,18H,4-5,8,10H2,1-3H3,(H,17,19). The molecule has 1 aromatic carbocycles. The number of nitrogens with one attached hydrogen (secondary N) is 2. The summed E-state index contributed by atoms with van der Waals surface area (Å²) in [5.74, 6) is 0.634. The Morgan fingerprint density at radius 1 is 1.40 bits per heavy atom. The summed E-state index contributed by atoms with van der Waals surface area (Å²) in [7, 11) is 0. The van der Waals surface area contributed by atoms with Crippen molar-refractivity contribution in [2.75, 3.05) is 19.7 Å². The first-order chi connectivity index (χ1) is 9.58. The fourth-order valence-electron chi connectivity index (χ4n) is 1.85. The fourth-order valence-corrected chi connectivity index (χ4v) is 2.19. The van der Waals surface area contributed by atoms with Crippen molar-refractivity contribution in [1.82, 2.24) is 10.6 Å². The van der Waals surface area contributed by atoms with E-state index in [4.69, 9.17) is 4.74 Å². The van der Waals surface area contributed by atoms with Gasteiger partial charge in [0.25, 0.3) is 5.91 Å². The molecular formula is C15H23BrN2O2. The lowest BCUT2D eigenvalue weighted by Crippen LogP contribution is -2.29. The molecule has 0 aliphatic heterocycles. The lowest BCUT2D eigenvalue weighted by molar-refractivity contribution is -0.123. The number of rotatable bonds is 8. The number of ether oxygens (including phenoxy) is 1. The van der Waals surface area contributed by atoms with Crippen LogP contribution in [0.5, 0.6) is 5.75 Å². The number of hydrogen-bond donors (Lipinski definition) is 2. The highest BCUT2D eigenvalue weighted by Crippen LogP contribution is 2.28. The minimum absolute atomic E-state index is 0.0395. The van der Waals surface area contributed by atoms with Gasteiger partial charge in [-0.05, 0) is 38.9 Å². The largest absolute Gasteiger partial charge is 0.483 e. The molecule has 0 bridgehead atoms. The lowest BCUT2D eigenvalue weighted by atomic mass is 10.1. The van der Waals surface area contributed by atoms with E-state index in [-0.39, 0.29) is 18.6 Å². The van der Waals surface area contributed by atoms with Gasteiger partial charge in [0.15, 0.2) is 6.61 Å². The van der Waals surface area contributed by atoms with E-state index < -0.39 is 0 Å². The molecule has 0 heterocycles. The van der Waals surface area contributed by atoms with E-state index in [1.165, 1.54) is 0 Å². The van der Waals surface area contributed by atoms with Crippen molar-refractivity contribution >= 4 is 21.8 Å². The van der Waals surface area contributed by atoms with E-state index in [1.54, 1.807) is 0 Å². The number of benzene rings is 1. The molecule has 0 spiro atoms. The van der Waals surface area contributed by atoms with Gasteiger partial charge in [-0.2, -0.15) is 0 Å². The van der Waals surface area contributed by atoms with Gasteiger partial charge >= 0.3 is 0 Å². The smallest absolute Gasteiger partial charge is 0.257 e. The number of amides is 1. The Morgan fingerprint density at radius 2 is 2.15 bits per heavy atom. The van der Waals surface area contributed by atoms with Crippen molar-refractivity contribution in [1.29, 1.82) is 0 Å². The van der Waals surface area contributed by atoms with Crippen LogP contribution in [0.4, 0.5) is 0 Å². The molecule has 1 aromatic rings. The summed E-state index contributed by atoms with van der Waals surface area (Å²) < 4.78 is 6.59. The average molecular weight is 343 g/mol. The Kier molecular flexibility index (Phi) is 7.62. The summed E-state index contributed by atoms with van der Waals surface area (Å²) in [6, 6.07) is 6.09. The second-order valence-electron chi connectivity index (χ2n) is 4.60. The van der Waals surface area contributed by atoms with Crippen LogP contribution in [0, 0.1) is 0 Å². The Balaban J connectivity index is 2.76. The molecule has 0 saturated heterocycles. The molecule has 0 radical (unpaired) electrons. The molecule has 0 aliphatic carbocycles. The maximum Gasteiger partial charge on any atom is 0.257 e. The number of hydrogen-bond acceptors (Lipinski definition) is 3. The van der Waals surface area contributed by atoms with E-state index in [9.17, 15) is 4.79 Å². The molecule has 0 aromatic heterocycles. The summed E-state index contributed by atoms with van der Waals surface area (Å²) in [6.45, 7) is 7.72. The zero-order chi connectivity index (χ0) is 15.0.